The van der Waals surface area contributed by atoms with Gasteiger partial charge in [0.1, 0.15) is 5.75 Å². The third kappa shape index (κ3) is 2.58. The van der Waals surface area contributed by atoms with Gasteiger partial charge in [-0.15, -0.1) is 0 Å². The molecule has 0 bridgehead atoms. The third-order valence-corrected chi connectivity index (χ3v) is 4.30. The van der Waals surface area contributed by atoms with E-state index >= 15 is 0 Å². The molecule has 0 radical (unpaired) electrons. The number of nitrogens with one attached hydrogen (secondary N) is 1. The number of benzene rings is 2. The molecule has 3 rings (SSSR count). The molecule has 112 valence electrons. The Morgan fingerprint density at radius 1 is 1.05 bits per heavy atom. The quantitative estimate of drug-likeness (QED) is 0.864. The number of aromatic hydroxyl groups is 1. The molecule has 2 N–H and O–H groups in total. The number of ether oxygens (including phenoxy) is 1. The standard InChI is InChI=1S/C18H23NO2/c1-17(2)11-16(18(3,4)21-17)19-14-9-5-8-13-12(14)7-6-10-15(13)20/h5-10,16,19-20H,11H2,1-4H3. The largest absolute Gasteiger partial charge is 0.507 e. The third-order valence-electron chi connectivity index (χ3n) is 4.30. The molecule has 0 saturated carbocycles. The van der Waals surface area contributed by atoms with Crippen molar-refractivity contribution in [3.63, 3.8) is 0 Å². The molecule has 1 fully saturated rings. The highest BCUT2D eigenvalue weighted by Gasteiger charge is 2.45. The minimum absolute atomic E-state index is 0.117. The molecule has 0 aromatic heterocycles. The Morgan fingerprint density at radius 2 is 1.71 bits per heavy atom. The van der Waals surface area contributed by atoms with Crippen LogP contribution in [0.5, 0.6) is 5.75 Å². The summed E-state index contributed by atoms with van der Waals surface area (Å²) in [5.41, 5.74) is 0.707. The summed E-state index contributed by atoms with van der Waals surface area (Å²) in [7, 11) is 0. The number of fused-ring (bicyclic) bond motifs is 1. The monoisotopic (exact) mass is 285 g/mol. The van der Waals surface area contributed by atoms with Crippen LogP contribution in [0.4, 0.5) is 5.69 Å². The van der Waals surface area contributed by atoms with E-state index in [1.807, 2.05) is 24.3 Å². The number of phenols is 1. The van der Waals surface area contributed by atoms with Crippen molar-refractivity contribution in [2.75, 3.05) is 5.32 Å². The average molecular weight is 285 g/mol. The lowest BCUT2D eigenvalue weighted by Crippen LogP contribution is -2.38. The molecule has 0 amide bonds. The first kappa shape index (κ1) is 14.2. The molecule has 21 heavy (non-hydrogen) atoms. The van der Waals surface area contributed by atoms with Gasteiger partial charge in [0.15, 0.2) is 0 Å². The number of rotatable bonds is 2. The van der Waals surface area contributed by atoms with Crippen molar-refractivity contribution in [2.45, 2.75) is 51.4 Å². The van der Waals surface area contributed by atoms with Gasteiger partial charge in [-0.2, -0.15) is 0 Å². The predicted molar refractivity (Wildman–Crippen MR) is 86.9 cm³/mol. The molecule has 1 aliphatic rings. The molecular formula is C18H23NO2. The molecule has 1 aliphatic heterocycles. The Hall–Kier alpha value is -1.74. The number of hydrogen-bond donors (Lipinski definition) is 2. The lowest BCUT2D eigenvalue weighted by molar-refractivity contribution is -0.0662. The van der Waals surface area contributed by atoms with E-state index in [1.54, 1.807) is 6.07 Å². The van der Waals surface area contributed by atoms with Gasteiger partial charge in [0.25, 0.3) is 0 Å². The zero-order valence-corrected chi connectivity index (χ0v) is 13.1. The van der Waals surface area contributed by atoms with Crippen LogP contribution in [0, 0.1) is 0 Å². The first-order valence-electron chi connectivity index (χ1n) is 7.46. The van der Waals surface area contributed by atoms with Crippen molar-refractivity contribution in [3.05, 3.63) is 36.4 Å². The highest BCUT2D eigenvalue weighted by molar-refractivity contribution is 5.97. The second-order valence-corrected chi connectivity index (χ2v) is 7.04. The lowest BCUT2D eigenvalue weighted by Gasteiger charge is -2.28. The molecule has 1 heterocycles. The molecule has 3 nitrogen and oxygen atoms in total. The van der Waals surface area contributed by atoms with E-state index in [0.717, 1.165) is 22.9 Å². The van der Waals surface area contributed by atoms with Crippen LogP contribution in [-0.2, 0) is 4.74 Å². The second-order valence-electron chi connectivity index (χ2n) is 7.04. The van der Waals surface area contributed by atoms with Crippen LogP contribution in [0.15, 0.2) is 36.4 Å². The van der Waals surface area contributed by atoms with E-state index in [-0.39, 0.29) is 17.2 Å². The average Bonchev–Trinajstić information content (AvgIpc) is 2.58. The van der Waals surface area contributed by atoms with Gasteiger partial charge in [0, 0.05) is 16.5 Å². The molecule has 2 aromatic carbocycles. The summed E-state index contributed by atoms with van der Waals surface area (Å²) in [5.74, 6) is 0.318. The molecule has 1 saturated heterocycles. The maximum atomic E-state index is 9.99. The van der Waals surface area contributed by atoms with Crippen molar-refractivity contribution < 1.29 is 9.84 Å². The second kappa shape index (κ2) is 4.63. The fourth-order valence-corrected chi connectivity index (χ4v) is 3.39. The fraction of sp³-hybridized carbons (Fsp3) is 0.444. The molecule has 2 aromatic rings. The van der Waals surface area contributed by atoms with E-state index in [9.17, 15) is 5.11 Å². The normalized spacial score (nSPS) is 23.3. The maximum Gasteiger partial charge on any atom is 0.123 e. The zero-order chi connectivity index (χ0) is 15.3. The minimum Gasteiger partial charge on any atom is -0.507 e. The van der Waals surface area contributed by atoms with Crippen molar-refractivity contribution >= 4 is 16.5 Å². The van der Waals surface area contributed by atoms with E-state index in [0.29, 0.717) is 5.75 Å². The van der Waals surface area contributed by atoms with Gasteiger partial charge in [-0.25, -0.2) is 0 Å². The van der Waals surface area contributed by atoms with Gasteiger partial charge in [0.2, 0.25) is 0 Å². The van der Waals surface area contributed by atoms with Gasteiger partial charge in [-0.05, 0) is 46.2 Å². The van der Waals surface area contributed by atoms with E-state index in [1.165, 1.54) is 0 Å². The van der Waals surface area contributed by atoms with E-state index in [2.05, 4.69) is 39.1 Å². The van der Waals surface area contributed by atoms with Crippen LogP contribution >= 0.6 is 0 Å². The Labute approximate surface area is 125 Å². The Bertz CT molecular complexity index is 676. The first-order chi connectivity index (χ1) is 9.78. The van der Waals surface area contributed by atoms with Crippen LogP contribution in [0.2, 0.25) is 0 Å². The van der Waals surface area contributed by atoms with Gasteiger partial charge >= 0.3 is 0 Å². The maximum absolute atomic E-state index is 9.99. The summed E-state index contributed by atoms with van der Waals surface area (Å²) < 4.78 is 6.14. The Balaban J connectivity index is 1.98. The number of anilines is 1. The van der Waals surface area contributed by atoms with Gasteiger partial charge in [-0.3, -0.25) is 0 Å². The van der Waals surface area contributed by atoms with Crippen molar-refractivity contribution in [1.29, 1.82) is 0 Å². The lowest BCUT2D eigenvalue weighted by atomic mass is 9.94. The van der Waals surface area contributed by atoms with Crippen molar-refractivity contribution in [3.8, 4) is 5.75 Å². The molecule has 0 aliphatic carbocycles. The molecular weight excluding hydrogens is 262 g/mol. The summed E-state index contributed by atoms with van der Waals surface area (Å²) in [6, 6.07) is 11.8. The zero-order valence-electron chi connectivity index (χ0n) is 13.1. The Morgan fingerprint density at radius 3 is 2.38 bits per heavy atom. The molecule has 0 spiro atoms. The summed E-state index contributed by atoms with van der Waals surface area (Å²) in [5, 5.41) is 15.5. The van der Waals surface area contributed by atoms with Crippen molar-refractivity contribution in [2.24, 2.45) is 0 Å². The van der Waals surface area contributed by atoms with Crippen LogP contribution in [0.1, 0.15) is 34.1 Å². The van der Waals surface area contributed by atoms with Gasteiger partial charge in [-0.1, -0.05) is 24.3 Å². The van der Waals surface area contributed by atoms with E-state index in [4.69, 9.17) is 4.74 Å². The molecule has 1 atom stereocenters. The topological polar surface area (TPSA) is 41.5 Å². The number of phenolic OH excluding ortho intramolecular Hbond substituents is 1. The summed E-state index contributed by atoms with van der Waals surface area (Å²) in [6.07, 6.45) is 0.954. The summed E-state index contributed by atoms with van der Waals surface area (Å²) in [4.78, 5) is 0. The van der Waals surface area contributed by atoms with Crippen LogP contribution < -0.4 is 5.32 Å². The minimum atomic E-state index is -0.220. The highest BCUT2D eigenvalue weighted by Crippen LogP contribution is 2.40. The summed E-state index contributed by atoms with van der Waals surface area (Å²) >= 11 is 0. The van der Waals surface area contributed by atoms with Crippen LogP contribution in [0.3, 0.4) is 0 Å². The fourth-order valence-electron chi connectivity index (χ4n) is 3.39. The van der Waals surface area contributed by atoms with Crippen molar-refractivity contribution in [1.82, 2.24) is 0 Å². The first-order valence-corrected chi connectivity index (χ1v) is 7.46. The number of hydrogen-bond acceptors (Lipinski definition) is 3. The predicted octanol–water partition coefficient (Wildman–Crippen LogP) is 4.30. The van der Waals surface area contributed by atoms with Crippen LogP contribution in [0.25, 0.3) is 10.8 Å². The smallest absolute Gasteiger partial charge is 0.123 e. The molecule has 3 heteroatoms. The van der Waals surface area contributed by atoms with Crippen LogP contribution in [-0.4, -0.2) is 22.4 Å². The van der Waals surface area contributed by atoms with Gasteiger partial charge < -0.3 is 15.2 Å². The highest BCUT2D eigenvalue weighted by atomic mass is 16.5. The molecule has 1 unspecified atom stereocenters. The van der Waals surface area contributed by atoms with E-state index < -0.39 is 0 Å². The van der Waals surface area contributed by atoms with Gasteiger partial charge in [0.05, 0.1) is 17.2 Å². The Kier molecular flexibility index (Phi) is 3.14. The SMILES string of the molecule is CC1(C)CC(Nc2cccc3c(O)cccc23)C(C)(C)O1. The summed E-state index contributed by atoms with van der Waals surface area (Å²) in [6.45, 7) is 8.51.